The van der Waals surface area contributed by atoms with Gasteiger partial charge in [-0.25, -0.2) is 0 Å². The van der Waals surface area contributed by atoms with Crippen molar-refractivity contribution < 1.29 is 14.4 Å². The first-order chi connectivity index (χ1) is 13.1. The number of nitrogens with zero attached hydrogens (tertiary/aromatic N) is 1. The highest BCUT2D eigenvalue weighted by Gasteiger charge is 2.22. The van der Waals surface area contributed by atoms with Crippen LogP contribution >= 0.6 is 11.3 Å². The summed E-state index contributed by atoms with van der Waals surface area (Å²) in [5.41, 5.74) is 3.74. The van der Waals surface area contributed by atoms with Crippen LogP contribution in [0.5, 0.6) is 0 Å². The minimum Gasteiger partial charge on any atom is -0.338 e. The number of aryl methyl sites for hydroxylation is 1. The molecule has 2 N–H and O–H groups in total. The van der Waals surface area contributed by atoms with Crippen molar-refractivity contribution in [3.05, 3.63) is 45.6 Å². The maximum atomic E-state index is 12.4. The molecule has 2 aromatic rings. The lowest BCUT2D eigenvalue weighted by molar-refractivity contribution is -0.133. The van der Waals surface area contributed by atoms with E-state index in [2.05, 4.69) is 22.1 Å². The first-order valence-electron chi connectivity index (χ1n) is 9.14. The molecule has 4 rings (SSSR count). The van der Waals surface area contributed by atoms with E-state index in [4.69, 9.17) is 0 Å². The van der Waals surface area contributed by atoms with Gasteiger partial charge in [0.1, 0.15) is 0 Å². The molecule has 2 aliphatic rings. The average molecular weight is 383 g/mol. The predicted molar refractivity (Wildman–Crippen MR) is 105 cm³/mol. The summed E-state index contributed by atoms with van der Waals surface area (Å²) in [6, 6.07) is 7.54. The highest BCUT2D eigenvalue weighted by Crippen LogP contribution is 2.26. The summed E-state index contributed by atoms with van der Waals surface area (Å²) in [7, 11) is 0. The van der Waals surface area contributed by atoms with E-state index in [0.29, 0.717) is 25.1 Å². The molecule has 3 heterocycles. The number of anilines is 2. The number of carbonyl (C=O) groups is 3. The van der Waals surface area contributed by atoms with Crippen LogP contribution in [-0.2, 0) is 33.8 Å². The molecule has 2 aliphatic heterocycles. The third-order valence-electron chi connectivity index (χ3n) is 5.01. The zero-order valence-electron chi connectivity index (χ0n) is 14.9. The quantitative estimate of drug-likeness (QED) is 0.852. The SMILES string of the molecule is O=C(CCC(=O)N1CCc2sccc2C1)Nc1ccc2c(c1)CCC(=O)N2. The maximum absolute atomic E-state index is 12.4. The average Bonchev–Trinajstić information content (AvgIpc) is 3.14. The summed E-state index contributed by atoms with van der Waals surface area (Å²) in [5, 5.41) is 7.74. The van der Waals surface area contributed by atoms with Gasteiger partial charge < -0.3 is 15.5 Å². The second-order valence-electron chi connectivity index (χ2n) is 6.90. The fraction of sp³-hybridized carbons (Fsp3) is 0.350. The van der Waals surface area contributed by atoms with Crippen molar-refractivity contribution in [2.45, 2.75) is 38.6 Å². The zero-order valence-corrected chi connectivity index (χ0v) is 15.7. The van der Waals surface area contributed by atoms with Gasteiger partial charge in [-0.1, -0.05) is 0 Å². The van der Waals surface area contributed by atoms with Crippen molar-refractivity contribution in [1.82, 2.24) is 4.90 Å². The molecule has 1 aromatic heterocycles. The van der Waals surface area contributed by atoms with Crippen LogP contribution in [0.25, 0.3) is 0 Å². The second-order valence-corrected chi connectivity index (χ2v) is 7.90. The molecule has 0 saturated heterocycles. The van der Waals surface area contributed by atoms with Crippen LogP contribution in [0, 0.1) is 0 Å². The van der Waals surface area contributed by atoms with Gasteiger partial charge in [-0.2, -0.15) is 0 Å². The van der Waals surface area contributed by atoms with Crippen LogP contribution in [0.15, 0.2) is 29.6 Å². The minimum absolute atomic E-state index is 0.0186. The van der Waals surface area contributed by atoms with Crippen LogP contribution in [-0.4, -0.2) is 29.2 Å². The lowest BCUT2D eigenvalue weighted by Crippen LogP contribution is -2.35. The Balaban J connectivity index is 1.29. The topological polar surface area (TPSA) is 78.5 Å². The Kier molecular flexibility index (Phi) is 4.94. The Hall–Kier alpha value is -2.67. The Bertz CT molecular complexity index is 906. The molecular formula is C20H21N3O3S. The molecule has 0 atom stereocenters. The lowest BCUT2D eigenvalue weighted by atomic mass is 10.0. The normalized spacial score (nSPS) is 15.6. The molecule has 0 saturated carbocycles. The molecule has 0 spiro atoms. The first kappa shape index (κ1) is 17.7. The van der Waals surface area contributed by atoms with Crippen LogP contribution in [0.3, 0.4) is 0 Å². The van der Waals surface area contributed by atoms with Gasteiger partial charge in [0.05, 0.1) is 0 Å². The van der Waals surface area contributed by atoms with E-state index in [1.807, 2.05) is 11.0 Å². The van der Waals surface area contributed by atoms with E-state index in [-0.39, 0.29) is 30.6 Å². The number of nitrogens with one attached hydrogen (secondary N) is 2. The first-order valence-corrected chi connectivity index (χ1v) is 10.0. The van der Waals surface area contributed by atoms with Crippen LogP contribution in [0.1, 0.15) is 35.3 Å². The molecule has 0 radical (unpaired) electrons. The van der Waals surface area contributed by atoms with E-state index in [9.17, 15) is 14.4 Å². The number of benzene rings is 1. The van der Waals surface area contributed by atoms with Gasteiger partial charge in [-0.05, 0) is 53.6 Å². The van der Waals surface area contributed by atoms with Gasteiger partial charge >= 0.3 is 0 Å². The van der Waals surface area contributed by atoms with Crippen molar-refractivity contribution >= 4 is 40.4 Å². The van der Waals surface area contributed by atoms with E-state index >= 15 is 0 Å². The number of fused-ring (bicyclic) bond motifs is 2. The van der Waals surface area contributed by atoms with Crippen LogP contribution in [0.2, 0.25) is 0 Å². The summed E-state index contributed by atoms with van der Waals surface area (Å²) in [4.78, 5) is 39.2. The summed E-state index contributed by atoms with van der Waals surface area (Å²) < 4.78 is 0. The molecule has 0 fully saturated rings. The van der Waals surface area contributed by atoms with Gasteiger partial charge in [0.15, 0.2) is 0 Å². The van der Waals surface area contributed by atoms with Crippen LogP contribution < -0.4 is 10.6 Å². The predicted octanol–water partition coefficient (Wildman–Crippen LogP) is 2.94. The molecular weight excluding hydrogens is 362 g/mol. The Morgan fingerprint density at radius 2 is 2.00 bits per heavy atom. The zero-order chi connectivity index (χ0) is 18.8. The van der Waals surface area contributed by atoms with Gasteiger partial charge in [0.2, 0.25) is 17.7 Å². The highest BCUT2D eigenvalue weighted by atomic mass is 32.1. The van der Waals surface area contributed by atoms with Crippen molar-refractivity contribution in [3.63, 3.8) is 0 Å². The Labute approximate surface area is 161 Å². The standard InChI is InChI=1S/C20H21N3O3S/c24-18(21-15-2-3-16-13(11-15)1-4-19(25)22-16)5-6-20(26)23-9-7-17-14(12-23)8-10-27-17/h2-3,8,10-11H,1,4-7,9,12H2,(H,21,24)(H,22,25). The van der Waals surface area contributed by atoms with Gasteiger partial charge in [-0.15, -0.1) is 11.3 Å². The summed E-state index contributed by atoms with van der Waals surface area (Å²) in [5.74, 6) is -0.128. The number of carbonyl (C=O) groups excluding carboxylic acids is 3. The molecule has 7 heteroatoms. The van der Waals surface area contributed by atoms with Gasteiger partial charge in [0, 0.05) is 48.6 Å². The summed E-state index contributed by atoms with van der Waals surface area (Å²) in [6.07, 6.45) is 2.41. The second kappa shape index (κ2) is 7.52. The number of thiophene rings is 1. The maximum Gasteiger partial charge on any atom is 0.224 e. The number of hydrogen-bond donors (Lipinski definition) is 2. The fourth-order valence-electron chi connectivity index (χ4n) is 3.52. The number of hydrogen-bond acceptors (Lipinski definition) is 4. The van der Waals surface area contributed by atoms with E-state index < -0.39 is 0 Å². The molecule has 140 valence electrons. The molecule has 0 unspecified atom stereocenters. The van der Waals surface area contributed by atoms with Crippen LogP contribution in [0.4, 0.5) is 11.4 Å². The van der Waals surface area contributed by atoms with E-state index in [1.54, 1.807) is 23.5 Å². The van der Waals surface area contributed by atoms with Gasteiger partial charge in [-0.3, -0.25) is 14.4 Å². The minimum atomic E-state index is -0.170. The molecule has 3 amide bonds. The Morgan fingerprint density at radius 3 is 2.89 bits per heavy atom. The number of rotatable bonds is 4. The van der Waals surface area contributed by atoms with Crippen molar-refractivity contribution in [1.29, 1.82) is 0 Å². The Morgan fingerprint density at radius 1 is 1.11 bits per heavy atom. The molecule has 27 heavy (non-hydrogen) atoms. The molecule has 6 nitrogen and oxygen atoms in total. The molecule has 0 bridgehead atoms. The third kappa shape index (κ3) is 4.03. The number of amides is 3. The lowest BCUT2D eigenvalue weighted by Gasteiger charge is -2.27. The molecule has 0 aliphatic carbocycles. The van der Waals surface area contributed by atoms with Gasteiger partial charge in [0.25, 0.3) is 0 Å². The smallest absolute Gasteiger partial charge is 0.224 e. The fourth-order valence-corrected chi connectivity index (χ4v) is 4.41. The van der Waals surface area contributed by atoms with Crippen molar-refractivity contribution in [3.8, 4) is 0 Å². The molecule has 1 aromatic carbocycles. The highest BCUT2D eigenvalue weighted by molar-refractivity contribution is 7.10. The van der Waals surface area contributed by atoms with E-state index in [1.165, 1.54) is 10.4 Å². The third-order valence-corrected chi connectivity index (χ3v) is 6.03. The van der Waals surface area contributed by atoms with Crippen molar-refractivity contribution in [2.24, 2.45) is 0 Å². The summed E-state index contributed by atoms with van der Waals surface area (Å²) >= 11 is 1.74. The summed E-state index contributed by atoms with van der Waals surface area (Å²) in [6.45, 7) is 1.38. The van der Waals surface area contributed by atoms with Crippen molar-refractivity contribution in [2.75, 3.05) is 17.2 Å². The monoisotopic (exact) mass is 383 g/mol. The largest absolute Gasteiger partial charge is 0.338 e. The van der Waals surface area contributed by atoms with E-state index in [0.717, 1.165) is 24.2 Å².